The van der Waals surface area contributed by atoms with Gasteiger partial charge in [0.2, 0.25) is 11.8 Å². The van der Waals surface area contributed by atoms with E-state index in [1.807, 2.05) is 17.0 Å². The smallest absolute Gasteiger partial charge is 0.283 e. The van der Waals surface area contributed by atoms with E-state index in [9.17, 15) is 4.79 Å². The Bertz CT molecular complexity index is 972. The van der Waals surface area contributed by atoms with Gasteiger partial charge in [-0.25, -0.2) is 0 Å². The molecule has 0 radical (unpaired) electrons. The van der Waals surface area contributed by atoms with Crippen LogP contribution < -0.4 is 4.90 Å². The quantitative estimate of drug-likeness (QED) is 0.627. The highest BCUT2D eigenvalue weighted by atomic mass is 16.4. The number of furan rings is 1. The Hall–Kier alpha value is -3.13. The van der Waals surface area contributed by atoms with Gasteiger partial charge in [0.25, 0.3) is 5.89 Å². The second-order valence-corrected chi connectivity index (χ2v) is 8.18. The van der Waals surface area contributed by atoms with E-state index in [2.05, 4.69) is 44.3 Å². The monoisotopic (exact) mass is 421 g/mol. The van der Waals surface area contributed by atoms with Gasteiger partial charge in [0.15, 0.2) is 5.76 Å². The van der Waals surface area contributed by atoms with E-state index >= 15 is 0 Å². The van der Waals surface area contributed by atoms with E-state index < -0.39 is 0 Å². The predicted molar refractivity (Wildman–Crippen MR) is 116 cm³/mol. The molecule has 1 amide bonds. The number of amides is 1. The van der Waals surface area contributed by atoms with Crippen LogP contribution in [0, 0.1) is 0 Å². The summed E-state index contributed by atoms with van der Waals surface area (Å²) in [5.41, 5.74) is 1.23. The predicted octanol–water partition coefficient (Wildman–Crippen LogP) is 2.86. The van der Waals surface area contributed by atoms with E-state index in [-0.39, 0.29) is 11.8 Å². The fourth-order valence-corrected chi connectivity index (χ4v) is 4.38. The van der Waals surface area contributed by atoms with E-state index in [0.717, 1.165) is 52.1 Å². The molecule has 31 heavy (non-hydrogen) atoms. The molecule has 0 spiro atoms. The summed E-state index contributed by atoms with van der Waals surface area (Å²) in [5.74, 6) is 2.14. The van der Waals surface area contributed by atoms with Gasteiger partial charge in [0.05, 0.1) is 12.8 Å². The van der Waals surface area contributed by atoms with Crippen LogP contribution in [0.15, 0.2) is 57.6 Å². The van der Waals surface area contributed by atoms with Crippen molar-refractivity contribution in [2.45, 2.75) is 18.8 Å². The number of hydrogen-bond donors (Lipinski definition) is 0. The lowest BCUT2D eigenvalue weighted by atomic mass is 9.97. The number of rotatable bonds is 5. The Morgan fingerprint density at radius 3 is 2.42 bits per heavy atom. The van der Waals surface area contributed by atoms with E-state index in [4.69, 9.17) is 8.83 Å². The average Bonchev–Trinajstić information content (AvgIpc) is 3.53. The minimum atomic E-state index is 0.226. The van der Waals surface area contributed by atoms with Crippen LogP contribution >= 0.6 is 0 Å². The lowest BCUT2D eigenvalue weighted by molar-refractivity contribution is -0.133. The lowest BCUT2D eigenvalue weighted by Crippen LogP contribution is -2.51. The third-order valence-corrected chi connectivity index (χ3v) is 6.22. The number of carbonyl (C=O) groups excluding carboxylic acids is 1. The normalized spacial score (nSPS) is 18.5. The number of aromatic nitrogens is 2. The average molecular weight is 422 g/mol. The Kier molecular flexibility index (Phi) is 5.71. The van der Waals surface area contributed by atoms with Crippen LogP contribution in [0.1, 0.15) is 24.7 Å². The number of para-hydroxylation sites is 1. The zero-order valence-corrected chi connectivity index (χ0v) is 17.5. The molecule has 2 aliphatic rings. The molecule has 1 aromatic carbocycles. The maximum atomic E-state index is 12.8. The van der Waals surface area contributed by atoms with Crippen molar-refractivity contribution < 1.29 is 13.6 Å². The summed E-state index contributed by atoms with van der Waals surface area (Å²) in [4.78, 5) is 19.4. The highest BCUT2D eigenvalue weighted by molar-refractivity contribution is 5.78. The first kappa shape index (κ1) is 19.8. The van der Waals surface area contributed by atoms with Crippen molar-refractivity contribution in [1.82, 2.24) is 20.0 Å². The van der Waals surface area contributed by atoms with Crippen molar-refractivity contribution in [3.05, 3.63) is 54.6 Å². The van der Waals surface area contributed by atoms with Crippen LogP contribution in [0.3, 0.4) is 0 Å². The molecule has 3 aromatic rings. The molecule has 8 nitrogen and oxygen atoms in total. The van der Waals surface area contributed by atoms with Gasteiger partial charge in [-0.15, -0.1) is 10.2 Å². The minimum absolute atomic E-state index is 0.226. The molecule has 8 heteroatoms. The zero-order valence-electron chi connectivity index (χ0n) is 17.5. The van der Waals surface area contributed by atoms with Crippen molar-refractivity contribution in [3.63, 3.8) is 0 Å². The number of benzene rings is 1. The number of nitrogens with zero attached hydrogens (tertiary/aromatic N) is 5. The van der Waals surface area contributed by atoms with E-state index in [1.54, 1.807) is 12.3 Å². The van der Waals surface area contributed by atoms with E-state index in [1.165, 1.54) is 5.69 Å². The summed E-state index contributed by atoms with van der Waals surface area (Å²) < 4.78 is 11.1. The maximum absolute atomic E-state index is 12.8. The van der Waals surface area contributed by atoms with Gasteiger partial charge >= 0.3 is 0 Å². The molecule has 5 rings (SSSR count). The lowest BCUT2D eigenvalue weighted by Gasteiger charge is -2.37. The molecular weight excluding hydrogens is 394 g/mol. The minimum Gasteiger partial charge on any atom is -0.459 e. The van der Waals surface area contributed by atoms with Crippen molar-refractivity contribution >= 4 is 11.6 Å². The fraction of sp³-hybridized carbons (Fsp3) is 0.435. The molecule has 0 unspecified atom stereocenters. The van der Waals surface area contributed by atoms with Crippen LogP contribution in [0.5, 0.6) is 0 Å². The number of piperidine rings is 1. The van der Waals surface area contributed by atoms with Crippen molar-refractivity contribution in [2.24, 2.45) is 0 Å². The van der Waals surface area contributed by atoms with E-state index in [0.29, 0.717) is 24.1 Å². The Morgan fingerprint density at radius 2 is 1.71 bits per heavy atom. The first-order chi connectivity index (χ1) is 15.3. The topological polar surface area (TPSA) is 78.8 Å². The third kappa shape index (κ3) is 4.49. The Labute approximate surface area is 181 Å². The largest absolute Gasteiger partial charge is 0.459 e. The molecule has 162 valence electrons. The van der Waals surface area contributed by atoms with Crippen molar-refractivity contribution in [2.75, 3.05) is 50.7 Å². The van der Waals surface area contributed by atoms with Gasteiger partial charge in [-0.3, -0.25) is 9.69 Å². The summed E-state index contributed by atoms with van der Waals surface area (Å²) in [5, 5.41) is 8.31. The molecule has 2 fully saturated rings. The highest BCUT2D eigenvalue weighted by Gasteiger charge is 2.28. The second kappa shape index (κ2) is 8.93. The Morgan fingerprint density at radius 1 is 0.935 bits per heavy atom. The van der Waals surface area contributed by atoms with Crippen LogP contribution in [-0.2, 0) is 4.79 Å². The van der Waals surface area contributed by atoms with Gasteiger partial charge < -0.3 is 18.6 Å². The summed E-state index contributed by atoms with van der Waals surface area (Å²) in [6.45, 7) is 5.53. The number of anilines is 1. The Balaban J connectivity index is 1.08. The van der Waals surface area contributed by atoms with Crippen molar-refractivity contribution in [1.29, 1.82) is 0 Å². The standard InChI is InChI=1S/C23H27N5O3/c29-21(28-14-12-27(13-15-28)19-5-2-1-3-6-19)17-26-10-8-18(9-11-26)22-24-25-23(31-22)20-7-4-16-30-20/h1-7,16,18H,8-15,17H2. The number of likely N-dealkylation sites (tertiary alicyclic amines) is 1. The highest BCUT2D eigenvalue weighted by Crippen LogP contribution is 2.29. The molecule has 0 N–H and O–H groups in total. The van der Waals surface area contributed by atoms with Gasteiger partial charge in [0, 0.05) is 37.8 Å². The molecule has 0 saturated carbocycles. The molecule has 0 bridgehead atoms. The summed E-state index contributed by atoms with van der Waals surface area (Å²) in [6, 6.07) is 14.0. The summed E-state index contributed by atoms with van der Waals surface area (Å²) in [6.07, 6.45) is 3.42. The van der Waals surface area contributed by atoms with Gasteiger partial charge in [-0.05, 0) is 50.2 Å². The maximum Gasteiger partial charge on any atom is 0.283 e. The molecule has 4 heterocycles. The van der Waals surface area contributed by atoms with Crippen LogP contribution in [0.4, 0.5) is 5.69 Å². The third-order valence-electron chi connectivity index (χ3n) is 6.22. The number of hydrogen-bond acceptors (Lipinski definition) is 7. The molecular formula is C23H27N5O3. The van der Waals surface area contributed by atoms with Gasteiger partial charge in [-0.1, -0.05) is 18.2 Å². The van der Waals surface area contributed by atoms with Crippen LogP contribution in [0.2, 0.25) is 0 Å². The molecule has 2 saturated heterocycles. The van der Waals surface area contributed by atoms with Crippen LogP contribution in [-0.4, -0.2) is 71.7 Å². The SMILES string of the molecule is O=C(CN1CCC(c2nnc(-c3ccco3)o2)CC1)N1CCN(c2ccccc2)CC1. The number of carbonyl (C=O) groups is 1. The molecule has 2 aromatic heterocycles. The second-order valence-electron chi connectivity index (χ2n) is 8.18. The zero-order chi connectivity index (χ0) is 21.0. The first-order valence-electron chi connectivity index (χ1n) is 10.9. The van der Waals surface area contributed by atoms with Crippen LogP contribution in [0.25, 0.3) is 11.7 Å². The molecule has 0 aliphatic carbocycles. The van der Waals surface area contributed by atoms with Gasteiger partial charge in [-0.2, -0.15) is 0 Å². The van der Waals surface area contributed by atoms with Gasteiger partial charge in [0.1, 0.15) is 0 Å². The fourth-order valence-electron chi connectivity index (χ4n) is 4.38. The first-order valence-corrected chi connectivity index (χ1v) is 10.9. The van der Waals surface area contributed by atoms with Crippen molar-refractivity contribution in [3.8, 4) is 11.7 Å². The summed E-state index contributed by atoms with van der Waals surface area (Å²) >= 11 is 0. The molecule has 0 atom stereocenters. The summed E-state index contributed by atoms with van der Waals surface area (Å²) in [7, 11) is 0. The molecule has 2 aliphatic heterocycles. The number of piperazine rings is 1.